The molecule has 1 nitrogen and oxygen atoms in total. The van der Waals surface area contributed by atoms with Gasteiger partial charge in [0, 0.05) is 53.4 Å². The largest absolute Gasteiger partial charge is 0.310 e. The van der Waals surface area contributed by atoms with E-state index >= 15 is 0 Å². The molecule has 14 rings (SSSR count). The number of anilines is 3. The monoisotopic (exact) mass is 881 g/mol. The first-order valence-corrected chi connectivity index (χ1v) is 25.5. The molecule has 1 aromatic heterocycles. The van der Waals surface area contributed by atoms with Crippen LogP contribution in [0.25, 0.3) is 64.7 Å². The number of fused-ring (bicyclic) bond motifs is 17. The summed E-state index contributed by atoms with van der Waals surface area (Å²) in [6, 6.07) is 63.8. The van der Waals surface area contributed by atoms with Gasteiger partial charge in [0.25, 0.3) is 0 Å². The highest BCUT2D eigenvalue weighted by Gasteiger charge is 2.52. The number of nitrogens with zero attached hydrogens (tertiary/aromatic N) is 1. The first kappa shape index (κ1) is 39.7. The summed E-state index contributed by atoms with van der Waals surface area (Å²) >= 11 is 1.91. The summed E-state index contributed by atoms with van der Waals surface area (Å²) in [5, 5.41) is 2.67. The molecule has 1 saturated carbocycles. The van der Waals surface area contributed by atoms with Gasteiger partial charge in [0.05, 0.1) is 5.69 Å². The Labute approximate surface area is 399 Å². The zero-order chi connectivity index (χ0) is 45.1. The van der Waals surface area contributed by atoms with Gasteiger partial charge in [-0.3, -0.25) is 0 Å². The third-order valence-electron chi connectivity index (χ3n) is 17.5. The minimum absolute atomic E-state index is 0.146. The molecule has 2 heteroatoms. The fraction of sp³-hybridized carbons (Fsp3) is 0.231. The van der Waals surface area contributed by atoms with Crippen molar-refractivity contribution in [2.24, 2.45) is 17.8 Å². The van der Waals surface area contributed by atoms with Crippen LogP contribution in [0.3, 0.4) is 0 Å². The molecule has 5 aliphatic carbocycles. The maximum atomic E-state index is 2.75. The number of allylic oxidation sites excluding steroid dienone is 2. The Morgan fingerprint density at radius 2 is 1.03 bits per heavy atom. The lowest BCUT2D eigenvalue weighted by Crippen LogP contribution is -2.42. The quantitative estimate of drug-likeness (QED) is 0.159. The molecular formula is C65H55NS. The normalized spacial score (nSPS) is 21.9. The van der Waals surface area contributed by atoms with Gasteiger partial charge in [-0.05, 0) is 165 Å². The smallest absolute Gasteiger partial charge is 0.0543 e. The van der Waals surface area contributed by atoms with Crippen molar-refractivity contribution in [1.82, 2.24) is 0 Å². The molecule has 2 bridgehead atoms. The molecule has 0 radical (unpaired) electrons. The zero-order valence-electron chi connectivity index (χ0n) is 39.4. The molecule has 67 heavy (non-hydrogen) atoms. The van der Waals surface area contributed by atoms with E-state index in [1.807, 2.05) is 11.3 Å². The average molecular weight is 882 g/mol. The van der Waals surface area contributed by atoms with Crippen molar-refractivity contribution >= 4 is 48.6 Å². The topological polar surface area (TPSA) is 3.24 Å². The second-order valence-electron chi connectivity index (χ2n) is 21.9. The summed E-state index contributed by atoms with van der Waals surface area (Å²) in [5.74, 6) is 1.89. The molecule has 1 heterocycles. The molecule has 4 unspecified atom stereocenters. The molecule has 5 aliphatic rings. The zero-order valence-corrected chi connectivity index (χ0v) is 40.2. The number of benzene rings is 8. The Morgan fingerprint density at radius 1 is 0.463 bits per heavy atom. The minimum Gasteiger partial charge on any atom is -0.310 e. The summed E-state index contributed by atoms with van der Waals surface area (Å²) in [4.78, 5) is 2.66. The molecule has 9 aromatic rings. The van der Waals surface area contributed by atoms with Crippen LogP contribution in [0, 0.1) is 17.8 Å². The van der Waals surface area contributed by atoms with E-state index in [4.69, 9.17) is 0 Å². The van der Waals surface area contributed by atoms with Crippen molar-refractivity contribution in [3.05, 3.63) is 209 Å². The highest BCUT2D eigenvalue weighted by Crippen LogP contribution is 2.63. The van der Waals surface area contributed by atoms with Crippen LogP contribution < -0.4 is 4.90 Å². The van der Waals surface area contributed by atoms with Crippen molar-refractivity contribution in [2.45, 2.75) is 77.0 Å². The standard InChI is InChI=1S/C65H55NS/c1-38-29-41-31-42(30-38)65(37-39(41)2)56-21-13-9-17-47(56)53-35-52(40-23-26-51-50-18-10-14-22-61(50)67-62(51)32-40)60(36-59(53)65)66(43-24-27-48-45-15-7-11-19-54(45)63(3,4)57(48)33-43)44-25-28-49-46-16-8-12-20-55(46)64(5,6)58(49)34-44/h7-28,32-38,41-42H,29-31H2,1-6H3. The Morgan fingerprint density at radius 3 is 1.70 bits per heavy atom. The lowest BCUT2D eigenvalue weighted by atomic mass is 9.55. The molecule has 0 aliphatic heterocycles. The average Bonchev–Trinajstić information content (AvgIpc) is 4.00. The molecule has 0 amide bonds. The molecule has 4 atom stereocenters. The van der Waals surface area contributed by atoms with E-state index in [2.05, 4.69) is 216 Å². The number of hydrogen-bond donors (Lipinski definition) is 0. The van der Waals surface area contributed by atoms with Crippen LogP contribution in [0.4, 0.5) is 17.1 Å². The maximum Gasteiger partial charge on any atom is 0.0543 e. The van der Waals surface area contributed by atoms with Crippen LogP contribution in [0.15, 0.2) is 175 Å². The van der Waals surface area contributed by atoms with E-state index in [1.54, 1.807) is 5.57 Å². The van der Waals surface area contributed by atoms with Crippen molar-refractivity contribution in [1.29, 1.82) is 0 Å². The van der Waals surface area contributed by atoms with Crippen molar-refractivity contribution in [2.75, 3.05) is 4.90 Å². The van der Waals surface area contributed by atoms with E-state index in [0.717, 1.165) is 0 Å². The van der Waals surface area contributed by atoms with Crippen LogP contribution in [0.1, 0.15) is 94.2 Å². The van der Waals surface area contributed by atoms with Gasteiger partial charge < -0.3 is 4.90 Å². The molecule has 1 spiro atoms. The van der Waals surface area contributed by atoms with Gasteiger partial charge in [0.2, 0.25) is 0 Å². The Bertz CT molecular complexity index is 3520. The number of rotatable bonds is 4. The molecule has 1 fully saturated rings. The number of hydrogen-bond acceptors (Lipinski definition) is 2. The van der Waals surface area contributed by atoms with E-state index in [0.29, 0.717) is 17.8 Å². The van der Waals surface area contributed by atoms with Crippen LogP contribution in [-0.4, -0.2) is 0 Å². The van der Waals surface area contributed by atoms with Gasteiger partial charge in [-0.15, -0.1) is 11.3 Å². The SMILES string of the molecule is CC1=CC2(c3ccccc3-c3cc(-c4ccc5c(c4)sc4ccccc45)c(N(c4ccc5c(c4)C(C)(C)c4ccccc4-5)c4ccc5c(c4)C(C)(C)c4ccccc4-5)cc32)C2CC(C)CC1C2. The van der Waals surface area contributed by atoms with Gasteiger partial charge in [0.15, 0.2) is 0 Å². The van der Waals surface area contributed by atoms with E-state index < -0.39 is 0 Å². The van der Waals surface area contributed by atoms with Crippen LogP contribution in [0.5, 0.6) is 0 Å². The van der Waals surface area contributed by atoms with E-state index in [9.17, 15) is 0 Å². The van der Waals surface area contributed by atoms with Crippen molar-refractivity contribution in [3.8, 4) is 44.5 Å². The fourth-order valence-electron chi connectivity index (χ4n) is 14.3. The fourth-order valence-corrected chi connectivity index (χ4v) is 15.5. The second kappa shape index (κ2) is 13.8. The molecule has 326 valence electrons. The summed E-state index contributed by atoms with van der Waals surface area (Å²) in [6.07, 6.45) is 6.56. The van der Waals surface area contributed by atoms with Crippen molar-refractivity contribution in [3.63, 3.8) is 0 Å². The first-order chi connectivity index (χ1) is 32.5. The third kappa shape index (κ3) is 5.37. The lowest BCUT2D eigenvalue weighted by molar-refractivity contribution is 0.168. The molecule has 0 N–H and O–H groups in total. The first-order valence-electron chi connectivity index (χ1n) is 24.7. The highest BCUT2D eigenvalue weighted by atomic mass is 32.1. The number of thiophene rings is 1. The lowest BCUT2D eigenvalue weighted by Gasteiger charge is -2.49. The van der Waals surface area contributed by atoms with Crippen molar-refractivity contribution < 1.29 is 0 Å². The van der Waals surface area contributed by atoms with Crippen LogP contribution in [-0.2, 0) is 16.2 Å². The van der Waals surface area contributed by atoms with E-state index in [-0.39, 0.29) is 16.2 Å². The van der Waals surface area contributed by atoms with Gasteiger partial charge in [-0.1, -0.05) is 162 Å². The summed E-state index contributed by atoms with van der Waals surface area (Å²) in [6.45, 7) is 14.6. The third-order valence-corrected chi connectivity index (χ3v) is 18.6. The molecule has 8 aromatic carbocycles. The summed E-state index contributed by atoms with van der Waals surface area (Å²) < 4.78 is 2.67. The summed E-state index contributed by atoms with van der Waals surface area (Å²) in [7, 11) is 0. The second-order valence-corrected chi connectivity index (χ2v) is 23.0. The maximum absolute atomic E-state index is 2.75. The van der Waals surface area contributed by atoms with Crippen LogP contribution >= 0.6 is 11.3 Å². The van der Waals surface area contributed by atoms with Gasteiger partial charge >= 0.3 is 0 Å². The molecular weight excluding hydrogens is 827 g/mol. The van der Waals surface area contributed by atoms with Crippen LogP contribution in [0.2, 0.25) is 0 Å². The minimum atomic E-state index is -0.196. The Hall–Kier alpha value is -6.48. The predicted octanol–water partition coefficient (Wildman–Crippen LogP) is 18.1. The Balaban J connectivity index is 1.08. The summed E-state index contributed by atoms with van der Waals surface area (Å²) in [5.41, 5.74) is 24.0. The van der Waals surface area contributed by atoms with E-state index in [1.165, 1.54) is 134 Å². The van der Waals surface area contributed by atoms with Gasteiger partial charge in [-0.25, -0.2) is 0 Å². The van der Waals surface area contributed by atoms with Gasteiger partial charge in [0.1, 0.15) is 0 Å². The Kier molecular flexibility index (Phi) is 8.17. The molecule has 0 saturated heterocycles. The predicted molar refractivity (Wildman–Crippen MR) is 285 cm³/mol. The van der Waals surface area contributed by atoms with Gasteiger partial charge in [-0.2, -0.15) is 0 Å². The highest BCUT2D eigenvalue weighted by molar-refractivity contribution is 7.25.